The van der Waals surface area contributed by atoms with E-state index < -0.39 is 6.09 Å². The van der Waals surface area contributed by atoms with Gasteiger partial charge in [0.15, 0.2) is 0 Å². The van der Waals surface area contributed by atoms with Gasteiger partial charge in [-0.2, -0.15) is 0 Å². The molecular weight excluding hydrogens is 371 g/mol. The zero-order valence-electron chi connectivity index (χ0n) is 17.7. The molecule has 1 saturated carbocycles. The van der Waals surface area contributed by atoms with Crippen molar-refractivity contribution in [2.45, 2.75) is 38.9 Å². The number of fused-ring (bicyclic) bond motifs is 1. The highest BCUT2D eigenvalue weighted by Gasteiger charge is 2.55. The van der Waals surface area contributed by atoms with Crippen LogP contribution in [0.5, 0.6) is 5.75 Å². The van der Waals surface area contributed by atoms with Crippen molar-refractivity contribution in [3.05, 3.63) is 24.3 Å². The third-order valence-electron chi connectivity index (χ3n) is 7.02. The van der Waals surface area contributed by atoms with Crippen LogP contribution in [0.15, 0.2) is 24.3 Å². The third-order valence-corrected chi connectivity index (χ3v) is 7.02. The second-order valence-corrected chi connectivity index (χ2v) is 9.44. The van der Waals surface area contributed by atoms with Gasteiger partial charge in [-0.1, -0.05) is 12.1 Å². The molecule has 2 unspecified atom stereocenters. The van der Waals surface area contributed by atoms with Gasteiger partial charge in [0.25, 0.3) is 0 Å². The predicted molar refractivity (Wildman–Crippen MR) is 111 cm³/mol. The summed E-state index contributed by atoms with van der Waals surface area (Å²) in [5, 5.41) is 11.2. The van der Waals surface area contributed by atoms with E-state index in [4.69, 9.17) is 19.2 Å². The SMILES string of the molecule is CC1(C)OB(c2ccc(OCCN3CC4C(CNC(=O)O)C4C3)cc2)OC1(C)C. The summed E-state index contributed by atoms with van der Waals surface area (Å²) < 4.78 is 18.1. The van der Waals surface area contributed by atoms with Gasteiger partial charge in [-0.3, -0.25) is 4.90 Å². The number of carboxylic acid groups (broad SMARTS) is 1. The average molecular weight is 402 g/mol. The van der Waals surface area contributed by atoms with Gasteiger partial charge in [-0.15, -0.1) is 0 Å². The Hall–Kier alpha value is -1.77. The van der Waals surface area contributed by atoms with Crippen molar-refractivity contribution in [1.29, 1.82) is 0 Å². The lowest BCUT2D eigenvalue weighted by atomic mass is 9.79. The summed E-state index contributed by atoms with van der Waals surface area (Å²) in [7, 11) is -0.353. The lowest BCUT2D eigenvalue weighted by Gasteiger charge is -2.32. The minimum atomic E-state index is -0.926. The van der Waals surface area contributed by atoms with Crippen LogP contribution in [0.3, 0.4) is 0 Å². The van der Waals surface area contributed by atoms with E-state index in [0.29, 0.717) is 30.9 Å². The molecule has 2 aliphatic heterocycles. The van der Waals surface area contributed by atoms with E-state index in [1.807, 2.05) is 24.3 Å². The number of hydrogen-bond donors (Lipinski definition) is 2. The Kier molecular flexibility index (Phi) is 5.29. The standard InChI is InChI=1S/C21H31BN2O5/c1-20(2)21(3,4)29-22(28-20)14-5-7-15(8-6-14)27-10-9-24-12-17-16(18(17)13-24)11-23-19(25)26/h5-8,16-18,23H,9-13H2,1-4H3,(H,25,26). The first kappa shape index (κ1) is 20.5. The van der Waals surface area contributed by atoms with Crippen molar-refractivity contribution in [3.63, 3.8) is 0 Å². The number of ether oxygens (including phenoxy) is 1. The van der Waals surface area contributed by atoms with Crippen molar-refractivity contribution in [1.82, 2.24) is 10.2 Å². The average Bonchev–Trinajstić information content (AvgIpc) is 2.99. The number of hydrogen-bond acceptors (Lipinski definition) is 5. The van der Waals surface area contributed by atoms with E-state index >= 15 is 0 Å². The summed E-state index contributed by atoms with van der Waals surface area (Å²) in [6, 6.07) is 7.94. The van der Waals surface area contributed by atoms with Crippen LogP contribution in [-0.4, -0.2) is 67.2 Å². The summed E-state index contributed by atoms with van der Waals surface area (Å²) in [6.07, 6.45) is -0.926. The first-order valence-corrected chi connectivity index (χ1v) is 10.4. The third kappa shape index (κ3) is 4.25. The Balaban J connectivity index is 1.18. The molecule has 1 aromatic carbocycles. The van der Waals surface area contributed by atoms with E-state index in [2.05, 4.69) is 37.9 Å². The fraction of sp³-hybridized carbons (Fsp3) is 0.667. The Bertz CT molecular complexity index is 726. The normalized spacial score (nSPS) is 29.5. The number of rotatable bonds is 7. The number of benzene rings is 1. The summed E-state index contributed by atoms with van der Waals surface area (Å²) >= 11 is 0. The van der Waals surface area contributed by atoms with Gasteiger partial charge >= 0.3 is 13.2 Å². The molecule has 29 heavy (non-hydrogen) atoms. The minimum absolute atomic E-state index is 0.341. The van der Waals surface area contributed by atoms with Crippen molar-refractivity contribution < 1.29 is 23.9 Å². The number of nitrogens with one attached hydrogen (secondary N) is 1. The largest absolute Gasteiger partial charge is 0.494 e. The van der Waals surface area contributed by atoms with Crippen LogP contribution in [0.2, 0.25) is 0 Å². The second-order valence-electron chi connectivity index (χ2n) is 9.44. The molecular formula is C21H31BN2O5. The van der Waals surface area contributed by atoms with Crippen LogP contribution >= 0.6 is 0 Å². The molecule has 0 radical (unpaired) electrons. The van der Waals surface area contributed by atoms with Gasteiger partial charge in [-0.25, -0.2) is 4.79 Å². The maximum atomic E-state index is 10.6. The van der Waals surface area contributed by atoms with E-state index in [1.54, 1.807) is 0 Å². The molecule has 2 N–H and O–H groups in total. The first-order chi connectivity index (χ1) is 13.7. The lowest BCUT2D eigenvalue weighted by Crippen LogP contribution is -2.41. The lowest BCUT2D eigenvalue weighted by molar-refractivity contribution is 0.00578. The molecule has 0 bridgehead atoms. The molecule has 158 valence electrons. The fourth-order valence-electron chi connectivity index (χ4n) is 4.42. The van der Waals surface area contributed by atoms with Gasteiger partial charge in [-0.05, 0) is 63.0 Å². The summed E-state index contributed by atoms with van der Waals surface area (Å²) in [5.41, 5.74) is 0.314. The molecule has 3 aliphatic rings. The Morgan fingerprint density at radius 2 is 1.76 bits per heavy atom. The zero-order chi connectivity index (χ0) is 20.8. The molecule has 4 rings (SSSR count). The van der Waals surface area contributed by atoms with Crippen LogP contribution in [-0.2, 0) is 9.31 Å². The molecule has 3 fully saturated rings. The Morgan fingerprint density at radius 1 is 1.17 bits per heavy atom. The van der Waals surface area contributed by atoms with Crippen LogP contribution < -0.4 is 15.5 Å². The molecule has 2 atom stereocenters. The second kappa shape index (κ2) is 7.49. The quantitative estimate of drug-likeness (QED) is 0.678. The first-order valence-electron chi connectivity index (χ1n) is 10.4. The smallest absolute Gasteiger partial charge is 0.492 e. The molecule has 8 heteroatoms. The van der Waals surface area contributed by atoms with Crippen molar-refractivity contribution in [2.24, 2.45) is 17.8 Å². The maximum absolute atomic E-state index is 10.6. The summed E-state index contributed by atoms with van der Waals surface area (Å²) in [5.74, 6) is 2.64. The van der Waals surface area contributed by atoms with Gasteiger partial charge in [0.05, 0.1) is 11.2 Å². The van der Waals surface area contributed by atoms with E-state index in [0.717, 1.165) is 30.8 Å². The van der Waals surface area contributed by atoms with Crippen molar-refractivity contribution in [2.75, 3.05) is 32.8 Å². The number of amides is 1. The molecule has 1 aromatic rings. The Morgan fingerprint density at radius 3 is 2.31 bits per heavy atom. The monoisotopic (exact) mass is 402 g/mol. The molecule has 7 nitrogen and oxygen atoms in total. The number of likely N-dealkylation sites (tertiary alicyclic amines) is 1. The highest BCUT2D eigenvalue weighted by Crippen LogP contribution is 2.51. The van der Waals surface area contributed by atoms with E-state index in [-0.39, 0.29) is 18.3 Å². The number of piperidine rings is 1. The van der Waals surface area contributed by atoms with Crippen LogP contribution in [0.1, 0.15) is 27.7 Å². The molecule has 0 aromatic heterocycles. The maximum Gasteiger partial charge on any atom is 0.494 e. The van der Waals surface area contributed by atoms with Crippen molar-refractivity contribution in [3.8, 4) is 5.75 Å². The summed E-state index contributed by atoms with van der Waals surface area (Å²) in [6.45, 7) is 12.4. The Labute approximate surface area is 172 Å². The molecule has 0 spiro atoms. The van der Waals surface area contributed by atoms with Gasteiger partial charge < -0.3 is 24.5 Å². The summed E-state index contributed by atoms with van der Waals surface area (Å²) in [4.78, 5) is 13.0. The molecule has 1 aliphatic carbocycles. The molecule has 2 heterocycles. The number of carbonyl (C=O) groups is 1. The van der Waals surface area contributed by atoms with Gasteiger partial charge in [0, 0.05) is 26.2 Å². The van der Waals surface area contributed by atoms with Gasteiger partial charge in [0.2, 0.25) is 0 Å². The highest BCUT2D eigenvalue weighted by molar-refractivity contribution is 6.62. The van der Waals surface area contributed by atoms with Crippen LogP contribution in [0.4, 0.5) is 4.79 Å². The molecule has 2 saturated heterocycles. The highest BCUT2D eigenvalue weighted by atomic mass is 16.7. The minimum Gasteiger partial charge on any atom is -0.492 e. The van der Waals surface area contributed by atoms with Crippen LogP contribution in [0.25, 0.3) is 0 Å². The van der Waals surface area contributed by atoms with Crippen molar-refractivity contribution >= 4 is 18.7 Å². The number of nitrogens with zero attached hydrogens (tertiary/aromatic N) is 1. The molecule has 1 amide bonds. The van der Waals surface area contributed by atoms with E-state index in [9.17, 15) is 4.79 Å². The van der Waals surface area contributed by atoms with Gasteiger partial charge in [0.1, 0.15) is 12.4 Å². The predicted octanol–water partition coefficient (Wildman–Crippen LogP) is 1.81. The van der Waals surface area contributed by atoms with Crippen LogP contribution in [0, 0.1) is 17.8 Å². The fourth-order valence-corrected chi connectivity index (χ4v) is 4.42. The topological polar surface area (TPSA) is 80.3 Å². The van der Waals surface area contributed by atoms with E-state index in [1.165, 1.54) is 0 Å². The zero-order valence-corrected chi connectivity index (χ0v) is 17.7.